The molecule has 1 heterocycles. The smallest absolute Gasteiger partial charge is 0.275 e. The Hall–Kier alpha value is -2.66. The number of nitrogens with zero attached hydrogens (tertiary/aromatic N) is 2. The first-order chi connectivity index (χ1) is 11.6. The average molecular weight is 381 g/mol. The molecule has 0 unspecified atom stereocenters. The second-order valence-corrected chi connectivity index (χ2v) is 6.57. The van der Waals surface area contributed by atoms with E-state index in [0.29, 0.717) is 6.42 Å². The number of benzene rings is 3. The first kappa shape index (κ1) is 14.9. The molecule has 0 fully saturated rings. The van der Waals surface area contributed by atoms with E-state index in [9.17, 15) is 10.1 Å². The first-order valence-corrected chi connectivity index (χ1v) is 8.34. The van der Waals surface area contributed by atoms with Crippen LogP contribution in [0.3, 0.4) is 0 Å². The van der Waals surface area contributed by atoms with Gasteiger partial charge in [0.15, 0.2) is 0 Å². The predicted molar refractivity (Wildman–Crippen MR) is 98.3 cm³/mol. The van der Waals surface area contributed by atoms with Gasteiger partial charge < -0.3 is 4.90 Å². The molecule has 0 N–H and O–H groups in total. The van der Waals surface area contributed by atoms with Crippen LogP contribution in [0.5, 0.6) is 0 Å². The normalized spacial score (nSPS) is 12.5. The topological polar surface area (TPSA) is 46.4 Å². The highest BCUT2D eigenvalue weighted by Crippen LogP contribution is 2.46. The Labute approximate surface area is 147 Å². The van der Waals surface area contributed by atoms with E-state index in [1.807, 2.05) is 54.6 Å². The molecule has 0 aromatic heterocycles. The minimum atomic E-state index is -0.301. The van der Waals surface area contributed by atoms with Crippen LogP contribution in [0.2, 0.25) is 0 Å². The van der Waals surface area contributed by atoms with Gasteiger partial charge in [-0.2, -0.15) is 0 Å². The molecule has 0 spiro atoms. The van der Waals surface area contributed by atoms with Crippen molar-refractivity contribution < 1.29 is 4.92 Å². The third-order valence-electron chi connectivity index (χ3n) is 4.23. The van der Waals surface area contributed by atoms with Gasteiger partial charge in [-0.1, -0.05) is 40.2 Å². The van der Waals surface area contributed by atoms with Gasteiger partial charge in [-0.3, -0.25) is 10.1 Å². The number of nitro benzene ring substituents is 1. The van der Waals surface area contributed by atoms with Crippen molar-refractivity contribution in [2.75, 3.05) is 4.90 Å². The molecule has 0 amide bonds. The fourth-order valence-electron chi connectivity index (χ4n) is 3.21. The average Bonchev–Trinajstić information content (AvgIpc) is 2.59. The predicted octanol–water partition coefficient (Wildman–Crippen LogP) is 5.73. The van der Waals surface area contributed by atoms with Gasteiger partial charge in [0.2, 0.25) is 0 Å². The second-order valence-electron chi connectivity index (χ2n) is 5.65. The van der Waals surface area contributed by atoms with Crippen molar-refractivity contribution in [2.45, 2.75) is 6.42 Å². The van der Waals surface area contributed by atoms with Crippen LogP contribution in [-0.2, 0) is 6.42 Å². The molecule has 24 heavy (non-hydrogen) atoms. The maximum Gasteiger partial charge on any atom is 0.275 e. The van der Waals surface area contributed by atoms with Gasteiger partial charge in [-0.15, -0.1) is 0 Å². The molecule has 0 saturated carbocycles. The lowest BCUT2D eigenvalue weighted by Crippen LogP contribution is -2.19. The molecular formula is C19H13BrN2O2. The number of hydrogen-bond acceptors (Lipinski definition) is 3. The number of nitro groups is 1. The van der Waals surface area contributed by atoms with E-state index >= 15 is 0 Å². The van der Waals surface area contributed by atoms with Crippen molar-refractivity contribution in [1.29, 1.82) is 0 Å². The summed E-state index contributed by atoms with van der Waals surface area (Å²) < 4.78 is 0.969. The Balaban J connectivity index is 2.01. The van der Waals surface area contributed by atoms with E-state index in [1.165, 1.54) is 0 Å². The highest BCUT2D eigenvalue weighted by atomic mass is 79.9. The molecule has 0 bridgehead atoms. The Kier molecular flexibility index (Phi) is 3.58. The number of anilines is 3. The van der Waals surface area contributed by atoms with Crippen molar-refractivity contribution in [3.63, 3.8) is 0 Å². The maximum atomic E-state index is 11.5. The number of halogens is 1. The highest BCUT2D eigenvalue weighted by molar-refractivity contribution is 9.10. The van der Waals surface area contributed by atoms with Gasteiger partial charge in [-0.05, 0) is 42.0 Å². The molecule has 3 aromatic rings. The van der Waals surface area contributed by atoms with E-state index in [1.54, 1.807) is 12.1 Å². The third kappa shape index (κ3) is 2.37. The summed E-state index contributed by atoms with van der Waals surface area (Å²) in [5, 5.41) is 11.5. The van der Waals surface area contributed by atoms with Gasteiger partial charge in [0.1, 0.15) is 0 Å². The fraction of sp³-hybridized carbons (Fsp3) is 0.0526. The lowest BCUT2D eigenvalue weighted by atomic mass is 9.93. The van der Waals surface area contributed by atoms with E-state index in [2.05, 4.69) is 20.8 Å². The van der Waals surface area contributed by atoms with Crippen LogP contribution in [0.4, 0.5) is 22.7 Å². The van der Waals surface area contributed by atoms with Crippen LogP contribution in [-0.4, -0.2) is 4.92 Å². The summed E-state index contributed by atoms with van der Waals surface area (Å²) in [7, 11) is 0. The lowest BCUT2D eigenvalue weighted by Gasteiger charge is -2.33. The quantitative estimate of drug-likeness (QED) is 0.329. The molecule has 4 nitrogen and oxygen atoms in total. The highest BCUT2D eigenvalue weighted by Gasteiger charge is 2.29. The molecule has 4 rings (SSSR count). The number of para-hydroxylation sites is 1. The summed E-state index contributed by atoms with van der Waals surface area (Å²) in [5.74, 6) is 0. The largest absolute Gasteiger partial charge is 0.310 e. The number of fused-ring (bicyclic) bond motifs is 2. The molecule has 3 aromatic carbocycles. The van der Waals surface area contributed by atoms with Crippen molar-refractivity contribution in [1.82, 2.24) is 0 Å². The van der Waals surface area contributed by atoms with Crippen LogP contribution in [0.15, 0.2) is 71.2 Å². The van der Waals surface area contributed by atoms with Crippen molar-refractivity contribution in [2.24, 2.45) is 0 Å². The zero-order valence-corrected chi connectivity index (χ0v) is 14.2. The first-order valence-electron chi connectivity index (χ1n) is 7.55. The minimum Gasteiger partial charge on any atom is -0.310 e. The molecule has 0 saturated heterocycles. The van der Waals surface area contributed by atoms with Crippen LogP contribution in [0, 0.1) is 10.1 Å². The van der Waals surface area contributed by atoms with Gasteiger partial charge in [0, 0.05) is 28.3 Å². The SMILES string of the molecule is O=[N+]([O-])c1cccc2c1Cc1cc(Br)ccc1N2c1ccccc1. The van der Waals surface area contributed by atoms with Crippen molar-refractivity contribution in [3.05, 3.63) is 92.4 Å². The summed E-state index contributed by atoms with van der Waals surface area (Å²) in [6, 6.07) is 21.3. The molecule has 1 aliphatic rings. The summed E-state index contributed by atoms with van der Waals surface area (Å²) in [5.41, 5.74) is 4.89. The Morgan fingerprint density at radius 2 is 1.75 bits per heavy atom. The van der Waals surface area contributed by atoms with Gasteiger partial charge in [0.25, 0.3) is 5.69 Å². The number of rotatable bonds is 2. The van der Waals surface area contributed by atoms with Crippen molar-refractivity contribution in [3.8, 4) is 0 Å². The molecule has 118 valence electrons. The fourth-order valence-corrected chi connectivity index (χ4v) is 3.62. The van der Waals surface area contributed by atoms with E-state index < -0.39 is 0 Å². The Morgan fingerprint density at radius 3 is 2.50 bits per heavy atom. The molecule has 0 aliphatic carbocycles. The summed E-state index contributed by atoms with van der Waals surface area (Å²) in [6.07, 6.45) is 0.546. The standard InChI is InChI=1S/C19H13BrN2O2/c20-14-9-10-17-13(11-14)12-16-18(7-4-8-19(16)22(23)24)21(17)15-5-2-1-3-6-15/h1-11H,12H2. The summed E-state index contributed by atoms with van der Waals surface area (Å²) >= 11 is 3.50. The van der Waals surface area contributed by atoms with Crippen LogP contribution < -0.4 is 4.90 Å². The molecular weight excluding hydrogens is 368 g/mol. The summed E-state index contributed by atoms with van der Waals surface area (Å²) in [6.45, 7) is 0. The lowest BCUT2D eigenvalue weighted by molar-refractivity contribution is -0.385. The molecule has 0 atom stereocenters. The Morgan fingerprint density at radius 1 is 0.958 bits per heavy atom. The zero-order valence-electron chi connectivity index (χ0n) is 12.6. The van der Waals surface area contributed by atoms with Gasteiger partial charge in [-0.25, -0.2) is 0 Å². The zero-order chi connectivity index (χ0) is 16.7. The second kappa shape index (κ2) is 5.76. The van der Waals surface area contributed by atoms with Crippen molar-refractivity contribution >= 4 is 38.7 Å². The Bertz CT molecular complexity index is 941. The molecule has 1 aliphatic heterocycles. The monoisotopic (exact) mass is 380 g/mol. The summed E-state index contributed by atoms with van der Waals surface area (Å²) in [4.78, 5) is 13.3. The van der Waals surface area contributed by atoms with Crippen LogP contribution in [0.25, 0.3) is 0 Å². The van der Waals surface area contributed by atoms with E-state index in [-0.39, 0.29) is 10.6 Å². The van der Waals surface area contributed by atoms with E-state index in [0.717, 1.165) is 32.7 Å². The molecule has 0 radical (unpaired) electrons. The van der Waals surface area contributed by atoms with Crippen LogP contribution >= 0.6 is 15.9 Å². The maximum absolute atomic E-state index is 11.5. The molecule has 5 heteroatoms. The van der Waals surface area contributed by atoms with Gasteiger partial charge >= 0.3 is 0 Å². The number of hydrogen-bond donors (Lipinski definition) is 0. The van der Waals surface area contributed by atoms with E-state index in [4.69, 9.17) is 0 Å². The van der Waals surface area contributed by atoms with Gasteiger partial charge in [0.05, 0.1) is 16.2 Å². The minimum absolute atomic E-state index is 0.166. The van der Waals surface area contributed by atoms with Crippen LogP contribution in [0.1, 0.15) is 11.1 Å². The third-order valence-corrected chi connectivity index (χ3v) is 4.72.